The number of methoxy groups -OCH3 is 1. The molecule has 1 rings (SSSR count). The van der Waals surface area contributed by atoms with E-state index in [9.17, 15) is 4.79 Å². The summed E-state index contributed by atoms with van der Waals surface area (Å²) in [6, 6.07) is 3.93. The number of thiol groups is 1. The van der Waals surface area contributed by atoms with Crippen molar-refractivity contribution in [2.45, 2.75) is 44.9 Å². The van der Waals surface area contributed by atoms with Crippen molar-refractivity contribution in [1.29, 1.82) is 0 Å². The lowest BCUT2D eigenvalue weighted by molar-refractivity contribution is 0.189. The number of nitrogens with zero attached hydrogens (tertiary/aromatic N) is 1. The van der Waals surface area contributed by atoms with E-state index in [1.54, 1.807) is 7.11 Å². The number of rotatable bonds is 5. The summed E-state index contributed by atoms with van der Waals surface area (Å²) in [6.07, 6.45) is 0.843. The molecule has 0 aliphatic carbocycles. The summed E-state index contributed by atoms with van der Waals surface area (Å²) in [5.74, 6) is 0.480. The van der Waals surface area contributed by atoms with Gasteiger partial charge in [0, 0.05) is 42.7 Å². The minimum Gasteiger partial charge on any atom is -0.385 e. The lowest BCUT2D eigenvalue weighted by atomic mass is 9.90. The zero-order valence-corrected chi connectivity index (χ0v) is 12.6. The smallest absolute Gasteiger partial charge is 0.254 e. The van der Waals surface area contributed by atoms with E-state index in [0.29, 0.717) is 18.9 Å². The highest BCUT2D eigenvalue weighted by atomic mass is 32.1. The second-order valence-electron chi connectivity index (χ2n) is 5.46. The maximum atomic E-state index is 12.3. The summed E-state index contributed by atoms with van der Waals surface area (Å²) in [4.78, 5) is 12.3. The van der Waals surface area contributed by atoms with Crippen LogP contribution in [0.4, 0.5) is 0 Å². The standard InChI is InChI=1S/C14H23NO2S/c1-14(2,3)12-7-6-11(10-18)13(16)15(12)8-5-9-17-4/h6-7,18H,5,8-10H2,1-4H3. The quantitative estimate of drug-likeness (QED) is 0.658. The van der Waals surface area contributed by atoms with Crippen molar-refractivity contribution in [3.8, 4) is 0 Å². The molecule has 1 aromatic heterocycles. The van der Waals surface area contributed by atoms with Crippen molar-refractivity contribution in [1.82, 2.24) is 4.57 Å². The van der Waals surface area contributed by atoms with Gasteiger partial charge in [0.25, 0.3) is 5.56 Å². The third kappa shape index (κ3) is 3.62. The zero-order valence-electron chi connectivity index (χ0n) is 11.7. The molecule has 0 bridgehead atoms. The predicted octanol–water partition coefficient (Wildman–Crippen LogP) is 2.61. The van der Waals surface area contributed by atoms with Gasteiger partial charge in [0.2, 0.25) is 0 Å². The molecule has 102 valence electrons. The van der Waals surface area contributed by atoms with Crippen LogP contribution in [0.15, 0.2) is 16.9 Å². The third-order valence-corrected chi connectivity index (χ3v) is 3.26. The molecule has 0 amide bonds. The van der Waals surface area contributed by atoms with E-state index in [0.717, 1.165) is 17.7 Å². The molecule has 0 saturated heterocycles. The van der Waals surface area contributed by atoms with E-state index in [1.165, 1.54) is 0 Å². The SMILES string of the molecule is COCCCn1c(C(C)(C)C)ccc(CS)c1=O. The van der Waals surface area contributed by atoms with Gasteiger partial charge in [-0.05, 0) is 12.5 Å². The van der Waals surface area contributed by atoms with Crippen molar-refractivity contribution in [2.24, 2.45) is 0 Å². The van der Waals surface area contributed by atoms with Crippen LogP contribution in [-0.2, 0) is 22.4 Å². The Kier molecular flexibility index (Phi) is 5.47. The zero-order chi connectivity index (χ0) is 13.8. The predicted molar refractivity (Wildman–Crippen MR) is 78.6 cm³/mol. The first kappa shape index (κ1) is 15.3. The second-order valence-corrected chi connectivity index (χ2v) is 5.77. The van der Waals surface area contributed by atoms with Gasteiger partial charge in [0.05, 0.1) is 0 Å². The van der Waals surface area contributed by atoms with Gasteiger partial charge in [0.1, 0.15) is 0 Å². The van der Waals surface area contributed by atoms with Gasteiger partial charge in [-0.15, -0.1) is 0 Å². The Hall–Kier alpha value is -0.740. The molecule has 0 N–H and O–H groups in total. The van der Waals surface area contributed by atoms with E-state index >= 15 is 0 Å². The fraction of sp³-hybridized carbons (Fsp3) is 0.643. The first-order chi connectivity index (χ1) is 8.41. The topological polar surface area (TPSA) is 31.2 Å². The Bertz CT molecular complexity index is 446. The van der Waals surface area contributed by atoms with Gasteiger partial charge in [0.15, 0.2) is 0 Å². The maximum Gasteiger partial charge on any atom is 0.254 e. The largest absolute Gasteiger partial charge is 0.385 e. The van der Waals surface area contributed by atoms with Crippen LogP contribution in [0.5, 0.6) is 0 Å². The van der Waals surface area contributed by atoms with Crippen LogP contribution in [0.2, 0.25) is 0 Å². The number of ether oxygens (including phenoxy) is 1. The number of hydrogen-bond acceptors (Lipinski definition) is 3. The number of hydrogen-bond donors (Lipinski definition) is 1. The monoisotopic (exact) mass is 269 g/mol. The molecule has 18 heavy (non-hydrogen) atoms. The lowest BCUT2D eigenvalue weighted by Gasteiger charge is -2.24. The molecule has 0 aliphatic rings. The normalized spacial score (nSPS) is 11.8. The average molecular weight is 269 g/mol. The Balaban J connectivity index is 3.19. The minimum atomic E-state index is -0.0403. The summed E-state index contributed by atoms with van der Waals surface area (Å²) in [6.45, 7) is 7.72. The average Bonchev–Trinajstić information content (AvgIpc) is 2.29. The number of aromatic nitrogens is 1. The second kappa shape index (κ2) is 6.43. The highest BCUT2D eigenvalue weighted by molar-refractivity contribution is 7.79. The van der Waals surface area contributed by atoms with Gasteiger partial charge in [-0.2, -0.15) is 12.6 Å². The van der Waals surface area contributed by atoms with Crippen LogP contribution in [0, 0.1) is 0 Å². The molecule has 0 unspecified atom stereocenters. The van der Waals surface area contributed by atoms with E-state index in [1.807, 2.05) is 16.7 Å². The summed E-state index contributed by atoms with van der Waals surface area (Å²) >= 11 is 4.21. The first-order valence-electron chi connectivity index (χ1n) is 6.24. The molecule has 0 radical (unpaired) electrons. The van der Waals surface area contributed by atoms with Crippen molar-refractivity contribution in [3.05, 3.63) is 33.7 Å². The Morgan fingerprint density at radius 3 is 2.50 bits per heavy atom. The Morgan fingerprint density at radius 1 is 1.33 bits per heavy atom. The molecule has 3 nitrogen and oxygen atoms in total. The molecule has 0 atom stereocenters. The van der Waals surface area contributed by atoms with E-state index in [-0.39, 0.29) is 11.0 Å². The molecule has 0 aromatic carbocycles. The van der Waals surface area contributed by atoms with Crippen LogP contribution in [0.3, 0.4) is 0 Å². The molecular formula is C14H23NO2S. The highest BCUT2D eigenvalue weighted by Gasteiger charge is 2.19. The Morgan fingerprint density at radius 2 is 2.00 bits per heavy atom. The van der Waals surface area contributed by atoms with Crippen LogP contribution < -0.4 is 5.56 Å². The van der Waals surface area contributed by atoms with Gasteiger partial charge >= 0.3 is 0 Å². The summed E-state index contributed by atoms with van der Waals surface area (Å²) < 4.78 is 6.92. The van der Waals surface area contributed by atoms with Gasteiger partial charge < -0.3 is 9.30 Å². The van der Waals surface area contributed by atoms with Crippen molar-refractivity contribution >= 4 is 12.6 Å². The van der Waals surface area contributed by atoms with Crippen LogP contribution in [0.25, 0.3) is 0 Å². The highest BCUT2D eigenvalue weighted by Crippen LogP contribution is 2.21. The van der Waals surface area contributed by atoms with E-state index in [2.05, 4.69) is 33.4 Å². The van der Waals surface area contributed by atoms with Crippen LogP contribution in [-0.4, -0.2) is 18.3 Å². The summed E-state index contributed by atoms with van der Waals surface area (Å²) in [5.41, 5.74) is 1.85. The summed E-state index contributed by atoms with van der Waals surface area (Å²) in [5, 5.41) is 0. The van der Waals surface area contributed by atoms with Crippen molar-refractivity contribution in [2.75, 3.05) is 13.7 Å². The molecule has 1 aromatic rings. The molecule has 0 fully saturated rings. The minimum absolute atomic E-state index is 0.0403. The van der Waals surface area contributed by atoms with Gasteiger partial charge in [-0.25, -0.2) is 0 Å². The van der Waals surface area contributed by atoms with Crippen LogP contribution >= 0.6 is 12.6 Å². The van der Waals surface area contributed by atoms with Crippen LogP contribution in [0.1, 0.15) is 38.4 Å². The fourth-order valence-corrected chi connectivity index (χ4v) is 2.23. The van der Waals surface area contributed by atoms with E-state index < -0.39 is 0 Å². The third-order valence-electron chi connectivity index (χ3n) is 2.92. The maximum absolute atomic E-state index is 12.3. The molecule has 1 heterocycles. The summed E-state index contributed by atoms with van der Waals surface area (Å²) in [7, 11) is 1.68. The molecule has 0 aliphatic heterocycles. The molecule has 4 heteroatoms. The fourth-order valence-electron chi connectivity index (χ4n) is 1.99. The van der Waals surface area contributed by atoms with Crippen molar-refractivity contribution < 1.29 is 4.74 Å². The van der Waals surface area contributed by atoms with E-state index in [4.69, 9.17) is 4.74 Å². The molecular weight excluding hydrogens is 246 g/mol. The molecule has 0 saturated carbocycles. The first-order valence-corrected chi connectivity index (χ1v) is 6.88. The lowest BCUT2D eigenvalue weighted by Crippen LogP contribution is -2.31. The van der Waals surface area contributed by atoms with Gasteiger partial charge in [-0.1, -0.05) is 26.8 Å². The van der Waals surface area contributed by atoms with Crippen molar-refractivity contribution in [3.63, 3.8) is 0 Å². The molecule has 0 spiro atoms. The van der Waals surface area contributed by atoms with Gasteiger partial charge in [-0.3, -0.25) is 4.79 Å². The number of pyridine rings is 1. The Labute approximate surface area is 115 Å².